The van der Waals surface area contributed by atoms with Crippen LogP contribution in [0.5, 0.6) is 0 Å². The third-order valence-corrected chi connectivity index (χ3v) is 3.22. The van der Waals surface area contributed by atoms with Crippen molar-refractivity contribution < 1.29 is 9.18 Å². The Labute approximate surface area is 114 Å². The molecule has 0 fully saturated rings. The molecule has 0 unspecified atom stereocenters. The number of aromatic nitrogens is 1. The molecule has 2 aromatic rings. The normalized spacial score (nSPS) is 10.8. The first-order valence-electron chi connectivity index (χ1n) is 5.77. The van der Waals surface area contributed by atoms with Crippen molar-refractivity contribution in [3.05, 3.63) is 52.8 Å². The van der Waals surface area contributed by atoms with Gasteiger partial charge in [-0.1, -0.05) is 24.3 Å². The van der Waals surface area contributed by atoms with E-state index in [1.165, 1.54) is 23.5 Å². The van der Waals surface area contributed by atoms with Crippen LogP contribution in [-0.2, 0) is 4.79 Å². The number of carbonyl (C=O) groups excluding carboxylic acids is 1. The molecule has 0 bridgehead atoms. The predicted octanol–water partition coefficient (Wildman–Crippen LogP) is 3.63. The quantitative estimate of drug-likeness (QED) is 0.926. The fourth-order valence-corrected chi connectivity index (χ4v) is 2.16. The topological polar surface area (TPSA) is 42.0 Å². The van der Waals surface area contributed by atoms with Gasteiger partial charge in [0.05, 0.1) is 5.69 Å². The number of hydrogen-bond acceptors (Lipinski definition) is 3. The number of benzene rings is 1. The summed E-state index contributed by atoms with van der Waals surface area (Å²) >= 11 is 1.40. The Balaban J connectivity index is 1.84. The zero-order valence-electron chi connectivity index (χ0n) is 10.4. The molecule has 0 saturated carbocycles. The SMILES string of the molecule is Cc1csc(NC(=O)C/C=C/c2ccc(F)cc2)n1. The summed E-state index contributed by atoms with van der Waals surface area (Å²) < 4.78 is 12.7. The summed E-state index contributed by atoms with van der Waals surface area (Å²) in [6.07, 6.45) is 3.78. The molecule has 0 aliphatic rings. The zero-order chi connectivity index (χ0) is 13.7. The summed E-state index contributed by atoms with van der Waals surface area (Å²) in [6.45, 7) is 1.88. The molecule has 0 saturated heterocycles. The third-order valence-electron chi connectivity index (χ3n) is 2.35. The van der Waals surface area contributed by atoms with Crippen molar-refractivity contribution in [3.8, 4) is 0 Å². The number of nitrogens with one attached hydrogen (secondary N) is 1. The first-order chi connectivity index (χ1) is 9.13. The molecular formula is C14H13FN2OS. The van der Waals surface area contributed by atoms with E-state index in [1.54, 1.807) is 24.3 Å². The molecule has 1 heterocycles. The van der Waals surface area contributed by atoms with Gasteiger partial charge in [-0.25, -0.2) is 9.37 Å². The number of amides is 1. The second kappa shape index (κ2) is 6.24. The molecule has 0 aliphatic heterocycles. The molecule has 2 rings (SSSR count). The van der Waals surface area contributed by atoms with Crippen molar-refractivity contribution in [3.63, 3.8) is 0 Å². The number of carbonyl (C=O) groups is 1. The molecule has 1 aromatic carbocycles. The summed E-state index contributed by atoms with van der Waals surface area (Å²) in [5.41, 5.74) is 1.75. The maximum absolute atomic E-state index is 12.7. The molecule has 0 spiro atoms. The van der Waals surface area contributed by atoms with E-state index in [0.29, 0.717) is 5.13 Å². The summed E-state index contributed by atoms with van der Waals surface area (Å²) in [4.78, 5) is 15.8. The van der Waals surface area contributed by atoms with Gasteiger partial charge in [0.2, 0.25) is 5.91 Å². The van der Waals surface area contributed by atoms with Gasteiger partial charge < -0.3 is 5.32 Å². The lowest BCUT2D eigenvalue weighted by Gasteiger charge is -1.97. The van der Waals surface area contributed by atoms with Gasteiger partial charge in [0.25, 0.3) is 0 Å². The highest BCUT2D eigenvalue weighted by Crippen LogP contribution is 2.14. The Morgan fingerprint density at radius 3 is 2.79 bits per heavy atom. The largest absolute Gasteiger partial charge is 0.302 e. The van der Waals surface area contributed by atoms with E-state index in [9.17, 15) is 9.18 Å². The Bertz CT molecular complexity index is 590. The Hall–Kier alpha value is -2.01. The molecule has 5 heteroatoms. The minimum absolute atomic E-state index is 0.118. The van der Waals surface area contributed by atoms with Gasteiger partial charge in [0.1, 0.15) is 5.82 Å². The Morgan fingerprint density at radius 2 is 2.16 bits per heavy atom. The van der Waals surface area contributed by atoms with Crippen molar-refractivity contribution in [2.75, 3.05) is 5.32 Å². The van der Waals surface area contributed by atoms with E-state index < -0.39 is 0 Å². The molecule has 98 valence electrons. The lowest BCUT2D eigenvalue weighted by molar-refractivity contribution is -0.115. The van der Waals surface area contributed by atoms with Crippen LogP contribution in [0.25, 0.3) is 6.08 Å². The second-order valence-electron chi connectivity index (χ2n) is 4.00. The molecule has 1 aromatic heterocycles. The first kappa shape index (κ1) is 13.4. The highest BCUT2D eigenvalue weighted by atomic mass is 32.1. The third kappa shape index (κ3) is 4.30. The van der Waals surface area contributed by atoms with E-state index in [-0.39, 0.29) is 18.1 Å². The Kier molecular flexibility index (Phi) is 4.41. The zero-order valence-corrected chi connectivity index (χ0v) is 11.2. The van der Waals surface area contributed by atoms with Gasteiger partial charge in [-0.2, -0.15) is 0 Å². The van der Waals surface area contributed by atoms with Crippen molar-refractivity contribution in [1.29, 1.82) is 0 Å². The van der Waals surface area contributed by atoms with Crippen LogP contribution in [0.1, 0.15) is 17.7 Å². The molecule has 0 aliphatic carbocycles. The van der Waals surface area contributed by atoms with Crippen molar-refractivity contribution >= 4 is 28.5 Å². The van der Waals surface area contributed by atoms with Gasteiger partial charge in [-0.05, 0) is 24.6 Å². The van der Waals surface area contributed by atoms with Crippen LogP contribution in [-0.4, -0.2) is 10.9 Å². The van der Waals surface area contributed by atoms with Crippen molar-refractivity contribution in [2.24, 2.45) is 0 Å². The predicted molar refractivity (Wildman–Crippen MR) is 75.5 cm³/mol. The van der Waals surface area contributed by atoms with Gasteiger partial charge in [0, 0.05) is 11.8 Å². The van der Waals surface area contributed by atoms with Crippen LogP contribution in [0.4, 0.5) is 9.52 Å². The molecule has 3 nitrogen and oxygen atoms in total. The van der Waals surface area contributed by atoms with Gasteiger partial charge >= 0.3 is 0 Å². The molecule has 0 atom stereocenters. The number of hydrogen-bond donors (Lipinski definition) is 1. The van der Waals surface area contributed by atoms with E-state index in [2.05, 4.69) is 10.3 Å². The Morgan fingerprint density at radius 1 is 1.42 bits per heavy atom. The highest BCUT2D eigenvalue weighted by molar-refractivity contribution is 7.13. The molecule has 1 N–H and O–H groups in total. The number of halogens is 1. The van der Waals surface area contributed by atoms with E-state index in [1.807, 2.05) is 12.3 Å². The number of rotatable bonds is 4. The monoisotopic (exact) mass is 276 g/mol. The second-order valence-corrected chi connectivity index (χ2v) is 4.86. The standard InChI is InChI=1S/C14H13FN2OS/c1-10-9-19-14(16-10)17-13(18)4-2-3-11-5-7-12(15)8-6-11/h2-3,5-9H,4H2,1H3,(H,16,17,18)/b3-2+. The average Bonchev–Trinajstić information content (AvgIpc) is 2.77. The molecule has 19 heavy (non-hydrogen) atoms. The first-order valence-corrected chi connectivity index (χ1v) is 6.65. The summed E-state index contributed by atoms with van der Waals surface area (Å²) in [5.74, 6) is -0.387. The van der Waals surface area contributed by atoms with E-state index in [4.69, 9.17) is 0 Å². The highest BCUT2D eigenvalue weighted by Gasteiger charge is 2.02. The summed E-state index contributed by atoms with van der Waals surface area (Å²) in [5, 5.41) is 5.20. The van der Waals surface area contributed by atoms with Crippen LogP contribution < -0.4 is 5.32 Å². The average molecular weight is 276 g/mol. The number of nitrogens with zero attached hydrogens (tertiary/aromatic N) is 1. The van der Waals surface area contributed by atoms with E-state index in [0.717, 1.165) is 11.3 Å². The van der Waals surface area contributed by atoms with Gasteiger partial charge in [-0.3, -0.25) is 4.79 Å². The van der Waals surface area contributed by atoms with Crippen LogP contribution in [0.2, 0.25) is 0 Å². The van der Waals surface area contributed by atoms with Crippen molar-refractivity contribution in [1.82, 2.24) is 4.98 Å². The lowest BCUT2D eigenvalue weighted by atomic mass is 10.2. The van der Waals surface area contributed by atoms with Crippen LogP contribution >= 0.6 is 11.3 Å². The fourth-order valence-electron chi connectivity index (χ4n) is 1.46. The molecule has 0 radical (unpaired) electrons. The molecular weight excluding hydrogens is 263 g/mol. The molecule has 1 amide bonds. The van der Waals surface area contributed by atoms with Crippen LogP contribution in [0.15, 0.2) is 35.7 Å². The minimum atomic E-state index is -0.269. The maximum atomic E-state index is 12.7. The minimum Gasteiger partial charge on any atom is -0.302 e. The maximum Gasteiger partial charge on any atom is 0.229 e. The lowest BCUT2D eigenvalue weighted by Crippen LogP contribution is -2.09. The number of thiazole rings is 1. The van der Waals surface area contributed by atoms with Gasteiger partial charge in [-0.15, -0.1) is 11.3 Å². The van der Waals surface area contributed by atoms with E-state index >= 15 is 0 Å². The van der Waals surface area contributed by atoms with Crippen LogP contribution in [0.3, 0.4) is 0 Å². The van der Waals surface area contributed by atoms with Gasteiger partial charge in [0.15, 0.2) is 5.13 Å². The summed E-state index contributed by atoms with van der Waals surface area (Å²) in [7, 11) is 0. The number of aryl methyl sites for hydroxylation is 1. The van der Waals surface area contributed by atoms with Crippen LogP contribution in [0, 0.1) is 12.7 Å². The van der Waals surface area contributed by atoms with Crippen molar-refractivity contribution in [2.45, 2.75) is 13.3 Å². The fraction of sp³-hybridized carbons (Fsp3) is 0.143. The smallest absolute Gasteiger partial charge is 0.229 e. The number of anilines is 1. The summed E-state index contributed by atoms with van der Waals surface area (Å²) in [6, 6.07) is 6.10.